The molecule has 1 aliphatic heterocycles. The third kappa shape index (κ3) is 1.98. The van der Waals surface area contributed by atoms with E-state index in [1.807, 2.05) is 0 Å². The monoisotopic (exact) mass is 220 g/mol. The lowest BCUT2D eigenvalue weighted by Gasteiger charge is -2.10. The summed E-state index contributed by atoms with van der Waals surface area (Å²) >= 11 is 0. The zero-order chi connectivity index (χ0) is 11.5. The van der Waals surface area contributed by atoms with E-state index in [0.717, 1.165) is 0 Å². The molecule has 0 spiro atoms. The van der Waals surface area contributed by atoms with Crippen molar-refractivity contribution >= 4 is 17.6 Å². The zero-order valence-corrected chi connectivity index (χ0v) is 8.60. The molecule has 16 heavy (non-hydrogen) atoms. The Morgan fingerprint density at radius 3 is 2.81 bits per heavy atom. The second-order valence-corrected chi connectivity index (χ2v) is 3.57. The smallest absolute Gasteiger partial charge is 0.328 e. The fourth-order valence-electron chi connectivity index (χ4n) is 1.57. The minimum absolute atomic E-state index is 0.345. The number of anilines is 1. The molecule has 1 atom stereocenters. The van der Waals surface area contributed by atoms with E-state index in [9.17, 15) is 9.59 Å². The molecule has 0 aliphatic carbocycles. The van der Waals surface area contributed by atoms with Crippen LogP contribution >= 0.6 is 0 Å². The number of hydrogen-bond acceptors (Lipinski definition) is 4. The molecule has 1 aromatic carbocycles. The number of ether oxygens (including phenoxy) is 1. The van der Waals surface area contributed by atoms with Crippen LogP contribution in [0.15, 0.2) is 24.3 Å². The lowest BCUT2D eigenvalue weighted by molar-refractivity contribution is -0.139. The van der Waals surface area contributed by atoms with Crippen molar-refractivity contribution in [3.8, 4) is 0 Å². The molecule has 5 heteroatoms. The van der Waals surface area contributed by atoms with E-state index in [-0.39, 0.29) is 11.9 Å². The number of carbonyl (C=O) groups is 2. The van der Waals surface area contributed by atoms with Crippen molar-refractivity contribution < 1.29 is 14.3 Å². The quantitative estimate of drug-likeness (QED) is 0.555. The van der Waals surface area contributed by atoms with E-state index in [2.05, 4.69) is 5.32 Å². The van der Waals surface area contributed by atoms with Gasteiger partial charge in [0.15, 0.2) is 0 Å². The van der Waals surface area contributed by atoms with Gasteiger partial charge in [0.25, 0.3) is 5.91 Å². The number of hydrogen-bond donors (Lipinski definition) is 2. The van der Waals surface area contributed by atoms with Crippen molar-refractivity contribution in [1.29, 1.82) is 0 Å². The minimum Gasteiger partial charge on any atom is -0.464 e. The minimum atomic E-state index is -0.549. The van der Waals surface area contributed by atoms with Crippen LogP contribution in [-0.4, -0.2) is 24.5 Å². The molecule has 0 saturated carbocycles. The topological polar surface area (TPSA) is 81.4 Å². The Morgan fingerprint density at radius 1 is 1.44 bits per heavy atom. The summed E-state index contributed by atoms with van der Waals surface area (Å²) in [4.78, 5) is 22.9. The van der Waals surface area contributed by atoms with E-state index in [1.165, 1.54) is 0 Å². The van der Waals surface area contributed by atoms with Gasteiger partial charge in [-0.05, 0) is 12.1 Å². The molecule has 1 heterocycles. The fourth-order valence-corrected chi connectivity index (χ4v) is 1.57. The average Bonchev–Trinajstić information content (AvgIpc) is 2.65. The summed E-state index contributed by atoms with van der Waals surface area (Å²) in [6.45, 7) is 0.355. The number of esters is 1. The standard InChI is InChI=1S/C11H12N2O3/c12-8-4-2-1-3-7(8)10(14)13-9-5-6-16-11(9)15/h1-4,9H,5-6,12H2,(H,13,14). The first-order valence-corrected chi connectivity index (χ1v) is 5.00. The maximum Gasteiger partial charge on any atom is 0.328 e. The van der Waals surface area contributed by atoms with Gasteiger partial charge in [0.1, 0.15) is 6.04 Å². The number of carbonyl (C=O) groups excluding carboxylic acids is 2. The highest BCUT2D eigenvalue weighted by atomic mass is 16.5. The van der Waals surface area contributed by atoms with E-state index < -0.39 is 6.04 Å². The number of nitrogens with two attached hydrogens (primary N) is 1. The van der Waals surface area contributed by atoms with Crippen LogP contribution in [0.25, 0.3) is 0 Å². The Hall–Kier alpha value is -2.04. The lowest BCUT2D eigenvalue weighted by Crippen LogP contribution is -2.38. The summed E-state index contributed by atoms with van der Waals surface area (Å²) in [7, 11) is 0. The van der Waals surface area contributed by atoms with E-state index >= 15 is 0 Å². The summed E-state index contributed by atoms with van der Waals surface area (Å²) in [5.41, 5.74) is 6.43. The maximum absolute atomic E-state index is 11.8. The van der Waals surface area contributed by atoms with Gasteiger partial charge in [-0.25, -0.2) is 4.79 Å². The molecular weight excluding hydrogens is 208 g/mol. The number of cyclic esters (lactones) is 1. The van der Waals surface area contributed by atoms with Crippen molar-refractivity contribution in [3.63, 3.8) is 0 Å². The van der Waals surface area contributed by atoms with Crippen LogP contribution in [0.5, 0.6) is 0 Å². The molecule has 1 aliphatic rings. The molecule has 0 bridgehead atoms. The Kier molecular flexibility index (Phi) is 2.76. The Labute approximate surface area is 92.6 Å². The molecule has 3 N–H and O–H groups in total. The van der Waals surface area contributed by atoms with Crippen molar-refractivity contribution in [2.45, 2.75) is 12.5 Å². The number of para-hydroxylation sites is 1. The number of amides is 1. The highest BCUT2D eigenvalue weighted by molar-refractivity contribution is 6.01. The average molecular weight is 220 g/mol. The predicted octanol–water partition coefficient (Wildman–Crippen LogP) is 0.314. The Balaban J connectivity index is 2.09. The normalized spacial score (nSPS) is 19.2. The van der Waals surface area contributed by atoms with Crippen LogP contribution in [-0.2, 0) is 9.53 Å². The van der Waals surface area contributed by atoms with Crippen LogP contribution in [0.3, 0.4) is 0 Å². The van der Waals surface area contributed by atoms with Gasteiger partial charge in [-0.1, -0.05) is 12.1 Å². The van der Waals surface area contributed by atoms with E-state index in [4.69, 9.17) is 10.5 Å². The zero-order valence-electron chi connectivity index (χ0n) is 8.60. The number of nitrogens with one attached hydrogen (secondary N) is 1. The van der Waals surface area contributed by atoms with Crippen LogP contribution in [0.1, 0.15) is 16.8 Å². The van der Waals surface area contributed by atoms with Crippen molar-refractivity contribution in [2.75, 3.05) is 12.3 Å². The van der Waals surface area contributed by atoms with Crippen molar-refractivity contribution in [1.82, 2.24) is 5.32 Å². The largest absolute Gasteiger partial charge is 0.464 e. The van der Waals surface area contributed by atoms with E-state index in [1.54, 1.807) is 24.3 Å². The molecule has 1 fully saturated rings. The molecule has 0 radical (unpaired) electrons. The van der Waals surface area contributed by atoms with Crippen LogP contribution in [0.2, 0.25) is 0 Å². The Bertz CT molecular complexity index is 431. The van der Waals surface area contributed by atoms with Crippen LogP contribution in [0.4, 0.5) is 5.69 Å². The van der Waals surface area contributed by atoms with Gasteiger partial charge in [0.2, 0.25) is 0 Å². The summed E-state index contributed by atoms with van der Waals surface area (Å²) in [5.74, 6) is -0.732. The highest BCUT2D eigenvalue weighted by Gasteiger charge is 2.28. The first kappa shape index (κ1) is 10.5. The molecule has 84 valence electrons. The van der Waals surface area contributed by atoms with Crippen LogP contribution < -0.4 is 11.1 Å². The second kappa shape index (κ2) is 4.22. The molecule has 1 saturated heterocycles. The van der Waals surface area contributed by atoms with Gasteiger partial charge in [0.05, 0.1) is 12.2 Å². The van der Waals surface area contributed by atoms with Gasteiger partial charge >= 0.3 is 5.97 Å². The molecule has 0 aromatic heterocycles. The Morgan fingerprint density at radius 2 is 2.19 bits per heavy atom. The van der Waals surface area contributed by atoms with Crippen molar-refractivity contribution in [3.05, 3.63) is 29.8 Å². The summed E-state index contributed by atoms with van der Waals surface area (Å²) in [5, 5.41) is 2.59. The summed E-state index contributed by atoms with van der Waals surface area (Å²) in [6, 6.07) is 6.17. The molecule has 1 unspecified atom stereocenters. The van der Waals surface area contributed by atoms with Crippen molar-refractivity contribution in [2.24, 2.45) is 0 Å². The summed E-state index contributed by atoms with van der Waals surface area (Å²) in [6.07, 6.45) is 0.511. The van der Waals surface area contributed by atoms with E-state index in [0.29, 0.717) is 24.3 Å². The first-order valence-electron chi connectivity index (χ1n) is 5.00. The van der Waals surface area contributed by atoms with Gasteiger partial charge in [-0.3, -0.25) is 4.79 Å². The highest BCUT2D eigenvalue weighted by Crippen LogP contribution is 2.12. The first-order chi connectivity index (χ1) is 7.68. The molecule has 1 aromatic rings. The van der Waals surface area contributed by atoms with Crippen LogP contribution in [0, 0.1) is 0 Å². The number of benzene rings is 1. The van der Waals surface area contributed by atoms with Gasteiger partial charge in [-0.15, -0.1) is 0 Å². The second-order valence-electron chi connectivity index (χ2n) is 3.57. The lowest BCUT2D eigenvalue weighted by atomic mass is 10.1. The number of nitrogen functional groups attached to an aromatic ring is 1. The van der Waals surface area contributed by atoms with Gasteiger partial charge < -0.3 is 15.8 Å². The molecule has 1 amide bonds. The molecule has 5 nitrogen and oxygen atoms in total. The molecule has 2 rings (SSSR count). The molecular formula is C11H12N2O3. The third-order valence-corrected chi connectivity index (χ3v) is 2.45. The van der Waals surface area contributed by atoms with Gasteiger partial charge in [0, 0.05) is 12.1 Å². The third-order valence-electron chi connectivity index (χ3n) is 2.45. The predicted molar refractivity (Wildman–Crippen MR) is 57.7 cm³/mol. The SMILES string of the molecule is Nc1ccccc1C(=O)NC1CCOC1=O. The summed E-state index contributed by atoms with van der Waals surface area (Å²) < 4.78 is 4.75. The number of rotatable bonds is 2. The fraction of sp³-hybridized carbons (Fsp3) is 0.273. The van der Waals surface area contributed by atoms with Gasteiger partial charge in [-0.2, -0.15) is 0 Å². The maximum atomic E-state index is 11.8.